The number of para-hydroxylation sites is 2. The Labute approximate surface area is 163 Å². The van der Waals surface area contributed by atoms with Crippen molar-refractivity contribution in [3.05, 3.63) is 60.7 Å². The molecule has 26 heavy (non-hydrogen) atoms. The standard InChI is InChI=1S/C22H25BrN2O/c1-20(2)21(3)14-15-22(20,18(21)23)19(26)24-25(16-10-6-4-7-11-16)17-12-8-5-9-13-17/h4-13,18H,14-15H2,1-3H3,(H,24,26). The maximum Gasteiger partial charge on any atom is 0.246 e. The fourth-order valence-corrected chi connectivity index (χ4v) is 6.90. The normalized spacial score (nSPS) is 31.2. The molecule has 4 heteroatoms. The molecule has 0 aliphatic heterocycles. The van der Waals surface area contributed by atoms with Crippen molar-refractivity contribution in [3.63, 3.8) is 0 Å². The van der Waals surface area contributed by atoms with Crippen LogP contribution in [0.15, 0.2) is 60.7 Å². The lowest BCUT2D eigenvalue weighted by molar-refractivity contribution is -0.161. The Hall–Kier alpha value is -1.81. The van der Waals surface area contributed by atoms with Gasteiger partial charge in [0, 0.05) is 4.83 Å². The van der Waals surface area contributed by atoms with Crippen molar-refractivity contribution in [3.8, 4) is 0 Å². The first-order valence-corrected chi connectivity index (χ1v) is 10.1. The number of nitrogens with one attached hydrogen (secondary N) is 1. The van der Waals surface area contributed by atoms with Crippen LogP contribution >= 0.6 is 15.9 Å². The van der Waals surface area contributed by atoms with E-state index in [0.717, 1.165) is 24.2 Å². The lowest BCUT2D eigenvalue weighted by Crippen LogP contribution is -2.70. The van der Waals surface area contributed by atoms with Crippen molar-refractivity contribution in [2.24, 2.45) is 16.2 Å². The predicted molar refractivity (Wildman–Crippen MR) is 109 cm³/mol. The van der Waals surface area contributed by atoms with Crippen LogP contribution in [0.5, 0.6) is 0 Å². The van der Waals surface area contributed by atoms with Gasteiger partial charge in [-0.3, -0.25) is 15.2 Å². The smallest absolute Gasteiger partial charge is 0.246 e. The number of alkyl halides is 1. The second-order valence-electron chi connectivity index (χ2n) is 8.32. The lowest BCUT2D eigenvalue weighted by atomic mass is 9.43. The minimum absolute atomic E-state index is 0.0305. The summed E-state index contributed by atoms with van der Waals surface area (Å²) in [6.07, 6.45) is 2.01. The Morgan fingerprint density at radius 2 is 1.46 bits per heavy atom. The molecule has 3 unspecified atom stereocenters. The third-order valence-corrected chi connectivity index (χ3v) is 9.01. The first-order valence-electron chi connectivity index (χ1n) is 9.20. The number of rotatable bonds is 4. The molecule has 3 aliphatic carbocycles. The molecule has 0 aromatic heterocycles. The number of halogens is 1. The second-order valence-corrected chi connectivity index (χ2v) is 9.24. The van der Waals surface area contributed by atoms with Gasteiger partial charge in [-0.2, -0.15) is 0 Å². The molecular formula is C22H25BrN2O. The van der Waals surface area contributed by atoms with Gasteiger partial charge in [0.2, 0.25) is 5.91 Å². The molecule has 3 fully saturated rings. The molecule has 136 valence electrons. The molecule has 5 rings (SSSR count). The Morgan fingerprint density at radius 1 is 0.962 bits per heavy atom. The number of anilines is 2. The van der Waals surface area contributed by atoms with Crippen molar-refractivity contribution in [1.29, 1.82) is 0 Å². The van der Waals surface area contributed by atoms with Gasteiger partial charge in [0.1, 0.15) is 0 Å². The van der Waals surface area contributed by atoms with Crippen LogP contribution in [0.2, 0.25) is 0 Å². The number of carbonyl (C=O) groups is 1. The zero-order valence-electron chi connectivity index (χ0n) is 15.5. The molecule has 2 bridgehead atoms. The van der Waals surface area contributed by atoms with E-state index >= 15 is 0 Å². The van der Waals surface area contributed by atoms with Gasteiger partial charge >= 0.3 is 0 Å². The Balaban J connectivity index is 1.68. The number of hydrogen-bond donors (Lipinski definition) is 1. The number of amides is 1. The average molecular weight is 413 g/mol. The molecule has 1 amide bonds. The van der Waals surface area contributed by atoms with E-state index in [9.17, 15) is 4.79 Å². The summed E-state index contributed by atoms with van der Waals surface area (Å²) in [5.74, 6) is 0.104. The van der Waals surface area contributed by atoms with E-state index in [-0.39, 0.29) is 27.0 Å². The average Bonchev–Trinajstić information content (AvgIpc) is 3.07. The molecule has 0 heterocycles. The summed E-state index contributed by atoms with van der Waals surface area (Å²) in [5.41, 5.74) is 4.91. The van der Waals surface area contributed by atoms with Crippen LogP contribution in [0.1, 0.15) is 33.6 Å². The second kappa shape index (κ2) is 5.85. The Kier molecular flexibility index (Phi) is 3.96. The van der Waals surface area contributed by atoms with E-state index in [1.165, 1.54) is 0 Å². The van der Waals surface area contributed by atoms with Crippen LogP contribution in [0.25, 0.3) is 0 Å². The highest BCUT2D eigenvalue weighted by molar-refractivity contribution is 9.09. The van der Waals surface area contributed by atoms with Crippen LogP contribution in [-0.4, -0.2) is 10.7 Å². The lowest BCUT2D eigenvalue weighted by Gasteiger charge is -2.64. The highest BCUT2D eigenvalue weighted by atomic mass is 79.9. The van der Waals surface area contributed by atoms with Crippen LogP contribution in [0, 0.1) is 16.2 Å². The van der Waals surface area contributed by atoms with Gasteiger partial charge in [0.05, 0.1) is 16.8 Å². The number of hydrogen-bond acceptors (Lipinski definition) is 2. The highest BCUT2D eigenvalue weighted by Crippen LogP contribution is 2.79. The fourth-order valence-electron chi connectivity index (χ4n) is 5.09. The molecule has 0 spiro atoms. The van der Waals surface area contributed by atoms with E-state index < -0.39 is 0 Å². The zero-order chi connectivity index (χ0) is 18.6. The quantitative estimate of drug-likeness (QED) is 0.534. The minimum Gasteiger partial charge on any atom is -0.273 e. The van der Waals surface area contributed by atoms with Gasteiger partial charge in [0.15, 0.2) is 0 Å². The molecule has 3 nitrogen and oxygen atoms in total. The summed E-state index contributed by atoms with van der Waals surface area (Å²) in [6.45, 7) is 6.79. The molecule has 2 aromatic carbocycles. The van der Waals surface area contributed by atoms with Crippen molar-refractivity contribution >= 4 is 33.2 Å². The summed E-state index contributed by atoms with van der Waals surface area (Å²) in [6, 6.07) is 20.0. The van der Waals surface area contributed by atoms with Gasteiger partial charge in [-0.15, -0.1) is 0 Å². The largest absolute Gasteiger partial charge is 0.273 e. The van der Waals surface area contributed by atoms with Crippen LogP contribution in [0.4, 0.5) is 11.4 Å². The van der Waals surface area contributed by atoms with Crippen molar-refractivity contribution in [1.82, 2.24) is 5.43 Å². The summed E-state index contributed by atoms with van der Waals surface area (Å²) in [5, 5.41) is 1.90. The molecule has 2 aromatic rings. The van der Waals surface area contributed by atoms with Gasteiger partial charge in [-0.25, -0.2) is 0 Å². The number of carbonyl (C=O) groups excluding carboxylic acids is 1. The molecule has 0 saturated heterocycles. The summed E-state index contributed by atoms with van der Waals surface area (Å²) >= 11 is 3.87. The van der Waals surface area contributed by atoms with Crippen molar-refractivity contribution in [2.45, 2.75) is 38.4 Å². The first kappa shape index (κ1) is 17.6. The third kappa shape index (κ3) is 2.08. The SMILES string of the molecule is CC12CCC(C(=O)NN(c3ccccc3)c3ccccc3)(C1Br)C2(C)C. The number of nitrogens with zero attached hydrogens (tertiary/aromatic N) is 1. The number of benzene rings is 2. The van der Waals surface area contributed by atoms with Crippen molar-refractivity contribution < 1.29 is 4.79 Å². The molecule has 1 N–H and O–H groups in total. The molecule has 3 saturated carbocycles. The fraction of sp³-hybridized carbons (Fsp3) is 0.409. The van der Waals surface area contributed by atoms with Crippen LogP contribution < -0.4 is 10.4 Å². The summed E-state index contributed by atoms with van der Waals surface area (Å²) in [7, 11) is 0. The van der Waals surface area contributed by atoms with E-state index in [2.05, 4.69) is 42.1 Å². The van der Waals surface area contributed by atoms with Crippen molar-refractivity contribution in [2.75, 3.05) is 5.01 Å². The summed E-state index contributed by atoms with van der Waals surface area (Å²) in [4.78, 5) is 13.8. The minimum atomic E-state index is -0.371. The van der Waals surface area contributed by atoms with Gasteiger partial charge < -0.3 is 0 Å². The maximum atomic E-state index is 13.5. The topological polar surface area (TPSA) is 32.3 Å². The summed E-state index contributed by atoms with van der Waals surface area (Å²) < 4.78 is 0. The van der Waals surface area contributed by atoms with Crippen LogP contribution in [0.3, 0.4) is 0 Å². The van der Waals surface area contributed by atoms with E-state index in [4.69, 9.17) is 0 Å². The number of fused-ring (bicyclic) bond motifs is 1. The number of hydrazine groups is 1. The Morgan fingerprint density at radius 3 is 1.85 bits per heavy atom. The Bertz CT molecular complexity index is 783. The van der Waals surface area contributed by atoms with Gasteiger partial charge in [0.25, 0.3) is 0 Å². The molecule has 0 radical (unpaired) electrons. The molecule has 3 aliphatic rings. The van der Waals surface area contributed by atoms with E-state index in [1.54, 1.807) is 0 Å². The monoisotopic (exact) mass is 412 g/mol. The van der Waals surface area contributed by atoms with Gasteiger partial charge in [-0.05, 0) is 47.9 Å². The zero-order valence-corrected chi connectivity index (χ0v) is 17.1. The molecular weight excluding hydrogens is 388 g/mol. The highest BCUT2D eigenvalue weighted by Gasteiger charge is 2.80. The van der Waals surface area contributed by atoms with E-state index in [1.807, 2.05) is 65.7 Å². The van der Waals surface area contributed by atoms with Gasteiger partial charge in [-0.1, -0.05) is 73.1 Å². The first-order chi connectivity index (χ1) is 12.3. The molecule has 3 atom stereocenters. The van der Waals surface area contributed by atoms with E-state index in [0.29, 0.717) is 0 Å². The maximum absolute atomic E-state index is 13.5. The third-order valence-electron chi connectivity index (χ3n) is 7.22. The predicted octanol–water partition coefficient (Wildman–Crippen LogP) is 5.45. The van der Waals surface area contributed by atoms with Crippen LogP contribution in [-0.2, 0) is 4.79 Å².